The second-order valence-corrected chi connectivity index (χ2v) is 3.41. The second kappa shape index (κ2) is 3.31. The van der Waals surface area contributed by atoms with E-state index in [1.165, 1.54) is 0 Å². The molecule has 0 spiro atoms. The third-order valence-corrected chi connectivity index (χ3v) is 1.85. The number of rotatable bonds is 3. The van der Waals surface area contributed by atoms with Crippen molar-refractivity contribution < 1.29 is 31.3 Å². The molecule has 0 bridgehead atoms. The molecule has 0 aliphatic rings. The summed E-state index contributed by atoms with van der Waals surface area (Å²) >= 11 is 0. The molecule has 0 rings (SSSR count). The summed E-state index contributed by atoms with van der Waals surface area (Å²) in [5.74, 6) is -1.42. The molecule has 0 radical (unpaired) electrons. The van der Waals surface area contributed by atoms with Crippen LogP contribution in [-0.4, -0.2) is 31.3 Å². The van der Waals surface area contributed by atoms with Crippen LogP contribution in [0.25, 0.3) is 0 Å². The van der Waals surface area contributed by atoms with Crippen molar-refractivity contribution in [1.29, 1.82) is 0 Å². The van der Waals surface area contributed by atoms with Crippen LogP contribution in [0.3, 0.4) is 0 Å². The molecule has 0 aromatic heterocycles. The first-order chi connectivity index (χ1) is 5.20. The van der Waals surface area contributed by atoms with Crippen molar-refractivity contribution in [2.24, 2.45) is 0 Å². The van der Waals surface area contributed by atoms with E-state index in [1.807, 2.05) is 0 Å². The van der Waals surface area contributed by atoms with E-state index in [-0.39, 0.29) is 0 Å². The van der Waals surface area contributed by atoms with Crippen molar-refractivity contribution >= 4 is 16.1 Å². The minimum absolute atomic E-state index is 0.822. The van der Waals surface area contributed by atoms with Gasteiger partial charge in [0.1, 0.15) is 6.42 Å². The van der Waals surface area contributed by atoms with Gasteiger partial charge in [-0.05, 0) is 0 Å². The lowest BCUT2D eigenvalue weighted by molar-refractivity contribution is -0.144. The topological polar surface area (TPSA) is 80.7 Å². The molecule has 0 aliphatic carbocycles. The summed E-state index contributed by atoms with van der Waals surface area (Å²) in [6.45, 7) is 0. The first-order valence-corrected chi connectivity index (χ1v) is 4.06. The van der Waals surface area contributed by atoms with Crippen LogP contribution in [0.2, 0.25) is 0 Å². The van der Waals surface area contributed by atoms with Gasteiger partial charge in [-0.25, -0.2) is 0 Å². The molecule has 8 heteroatoms. The van der Waals surface area contributed by atoms with Crippen LogP contribution in [0.5, 0.6) is 0 Å². The Kier molecular flexibility index (Phi) is 3.10. The quantitative estimate of drug-likeness (QED) is 0.518. The molecule has 0 saturated carbocycles. The molecule has 0 aromatic carbocycles. The highest BCUT2D eigenvalue weighted by Crippen LogP contribution is 2.24. The van der Waals surface area contributed by atoms with Crippen molar-refractivity contribution in [1.82, 2.24) is 0 Å². The summed E-state index contributed by atoms with van der Waals surface area (Å²) in [4.78, 5) is 10.2. The Bertz CT molecular complexity index is 269. The zero-order chi connectivity index (χ0) is 9.99. The highest BCUT2D eigenvalue weighted by Gasteiger charge is 2.46. The molecule has 72 valence electrons. The molecule has 0 unspecified atom stereocenters. The van der Waals surface area contributed by atoms with Gasteiger partial charge in [0, 0.05) is 0 Å². The Morgan fingerprint density at radius 3 is 2.25 bits per heavy atom. The molecule has 0 aliphatic heterocycles. The lowest BCUT2D eigenvalue weighted by Crippen LogP contribution is -2.31. The van der Waals surface area contributed by atoms with Crippen LogP contribution in [-0.2, 0) is 19.6 Å². The summed E-state index contributed by atoms with van der Waals surface area (Å²) < 4.78 is 56.0. The van der Waals surface area contributed by atoms with Crippen molar-refractivity contribution in [2.45, 2.75) is 11.7 Å². The Hall–Kier alpha value is -0.760. The molecule has 0 aromatic rings. The molecular weight excluding hydrogens is 198 g/mol. The SMILES string of the molecule is COC(=O)CC(F)(F)S(=O)(=O)O. The van der Waals surface area contributed by atoms with Crippen molar-refractivity contribution in [3.05, 3.63) is 0 Å². The maximum atomic E-state index is 12.2. The smallest absolute Gasteiger partial charge is 0.380 e. The van der Waals surface area contributed by atoms with E-state index in [0.29, 0.717) is 0 Å². The lowest BCUT2D eigenvalue weighted by atomic mass is 10.4. The Balaban J connectivity index is 4.56. The minimum atomic E-state index is -5.54. The van der Waals surface area contributed by atoms with Crippen LogP contribution in [0.4, 0.5) is 8.78 Å². The van der Waals surface area contributed by atoms with Crippen LogP contribution < -0.4 is 0 Å². The largest absolute Gasteiger partial charge is 0.469 e. The Morgan fingerprint density at radius 1 is 1.58 bits per heavy atom. The fraction of sp³-hybridized carbons (Fsp3) is 0.750. The number of carbonyl (C=O) groups excluding carboxylic acids is 1. The van der Waals surface area contributed by atoms with Gasteiger partial charge in [-0.1, -0.05) is 0 Å². The first-order valence-electron chi connectivity index (χ1n) is 2.62. The maximum absolute atomic E-state index is 12.2. The summed E-state index contributed by atoms with van der Waals surface area (Å²) in [7, 11) is -4.72. The fourth-order valence-electron chi connectivity index (χ4n) is 0.331. The molecule has 0 fully saturated rings. The zero-order valence-corrected chi connectivity index (χ0v) is 6.77. The third-order valence-electron chi connectivity index (χ3n) is 0.955. The number of hydrogen-bond acceptors (Lipinski definition) is 4. The van der Waals surface area contributed by atoms with Gasteiger partial charge in [0.15, 0.2) is 0 Å². The molecule has 5 nitrogen and oxygen atoms in total. The van der Waals surface area contributed by atoms with Crippen LogP contribution >= 0.6 is 0 Å². The number of methoxy groups -OCH3 is 1. The van der Waals surface area contributed by atoms with E-state index in [1.54, 1.807) is 0 Å². The second-order valence-electron chi connectivity index (χ2n) is 1.87. The zero-order valence-electron chi connectivity index (χ0n) is 5.95. The van der Waals surface area contributed by atoms with Gasteiger partial charge in [0.2, 0.25) is 0 Å². The van der Waals surface area contributed by atoms with Gasteiger partial charge in [-0.15, -0.1) is 0 Å². The summed E-state index contributed by atoms with van der Waals surface area (Å²) in [5, 5.41) is -4.49. The molecule has 0 amide bonds. The van der Waals surface area contributed by atoms with E-state index < -0.39 is 27.8 Å². The van der Waals surface area contributed by atoms with E-state index in [0.717, 1.165) is 7.11 Å². The van der Waals surface area contributed by atoms with E-state index in [4.69, 9.17) is 4.55 Å². The number of carbonyl (C=O) groups is 1. The monoisotopic (exact) mass is 204 g/mol. The molecular formula is C4H6F2O5S. The van der Waals surface area contributed by atoms with Gasteiger partial charge in [-0.2, -0.15) is 17.2 Å². The number of alkyl halides is 2. The third kappa shape index (κ3) is 2.70. The average Bonchev–Trinajstić information content (AvgIpc) is 1.84. The van der Waals surface area contributed by atoms with Crippen LogP contribution in [0.15, 0.2) is 0 Å². The van der Waals surface area contributed by atoms with Gasteiger partial charge in [-0.3, -0.25) is 9.35 Å². The highest BCUT2D eigenvalue weighted by molar-refractivity contribution is 7.86. The van der Waals surface area contributed by atoms with E-state index in [2.05, 4.69) is 4.74 Å². The molecule has 0 heterocycles. The van der Waals surface area contributed by atoms with Crippen LogP contribution in [0.1, 0.15) is 6.42 Å². The first kappa shape index (κ1) is 11.2. The van der Waals surface area contributed by atoms with Crippen molar-refractivity contribution in [3.63, 3.8) is 0 Å². The maximum Gasteiger partial charge on any atom is 0.380 e. The Labute approximate surface area is 67.1 Å². The molecule has 12 heavy (non-hydrogen) atoms. The summed E-state index contributed by atoms with van der Waals surface area (Å²) in [5.41, 5.74) is 0. The predicted octanol–water partition coefficient (Wildman–Crippen LogP) is 0.0301. The molecule has 0 atom stereocenters. The predicted molar refractivity (Wildman–Crippen MR) is 33.1 cm³/mol. The summed E-state index contributed by atoms with van der Waals surface area (Å²) in [6.07, 6.45) is -1.69. The van der Waals surface area contributed by atoms with Crippen molar-refractivity contribution in [3.8, 4) is 0 Å². The number of ether oxygens (including phenoxy) is 1. The molecule has 1 N–H and O–H groups in total. The van der Waals surface area contributed by atoms with E-state index >= 15 is 0 Å². The van der Waals surface area contributed by atoms with Gasteiger partial charge >= 0.3 is 21.3 Å². The standard InChI is InChI=1S/C4H6F2O5S/c1-11-3(7)2-4(5,6)12(8,9)10/h2H2,1H3,(H,8,9,10). The minimum Gasteiger partial charge on any atom is -0.469 e. The average molecular weight is 204 g/mol. The fourth-order valence-corrected chi connectivity index (χ4v) is 0.632. The summed E-state index contributed by atoms with van der Waals surface area (Å²) in [6, 6.07) is 0. The van der Waals surface area contributed by atoms with E-state index in [9.17, 15) is 22.0 Å². The Morgan fingerprint density at radius 2 is 2.00 bits per heavy atom. The van der Waals surface area contributed by atoms with Gasteiger partial charge in [0.05, 0.1) is 7.11 Å². The number of hydrogen-bond donors (Lipinski definition) is 1. The normalized spacial score (nSPS) is 12.7. The molecule has 0 saturated heterocycles. The lowest BCUT2D eigenvalue weighted by Gasteiger charge is -2.10. The number of halogens is 2. The van der Waals surface area contributed by atoms with Gasteiger partial charge in [0.25, 0.3) is 0 Å². The van der Waals surface area contributed by atoms with Crippen molar-refractivity contribution in [2.75, 3.05) is 7.11 Å². The number of esters is 1. The van der Waals surface area contributed by atoms with Crippen LogP contribution in [0, 0.1) is 0 Å². The van der Waals surface area contributed by atoms with Gasteiger partial charge < -0.3 is 4.74 Å². The highest BCUT2D eigenvalue weighted by atomic mass is 32.2.